The van der Waals surface area contributed by atoms with Crippen LogP contribution in [0.4, 0.5) is 0 Å². The smallest absolute Gasteiger partial charge is 0.0149 e. The van der Waals surface area contributed by atoms with E-state index >= 15 is 0 Å². The summed E-state index contributed by atoms with van der Waals surface area (Å²) in [4.78, 5) is 5.29. The molecule has 0 aromatic rings. The van der Waals surface area contributed by atoms with E-state index in [1.807, 2.05) is 0 Å². The molecule has 0 amide bonds. The van der Waals surface area contributed by atoms with Crippen LogP contribution in [0.25, 0.3) is 0 Å². The second-order valence-corrected chi connectivity index (χ2v) is 6.24. The van der Waals surface area contributed by atoms with Gasteiger partial charge < -0.3 is 10.2 Å². The minimum absolute atomic E-state index is 0.929. The zero-order valence-corrected chi connectivity index (χ0v) is 11.2. The Morgan fingerprint density at radius 2 is 1.71 bits per heavy atom. The molecule has 3 fully saturated rings. The number of hydrogen-bond donors (Lipinski definition) is 1. The summed E-state index contributed by atoms with van der Waals surface area (Å²) in [5.74, 6) is 2.10. The first-order valence-electron chi connectivity index (χ1n) is 7.48. The Balaban J connectivity index is 1.43. The SMILES string of the molecule is CN(CCN1CCNCC1)C(C1CC1)C1CC1. The van der Waals surface area contributed by atoms with Gasteiger partial charge in [-0.3, -0.25) is 4.90 Å². The van der Waals surface area contributed by atoms with Gasteiger partial charge in [-0.25, -0.2) is 0 Å². The molecule has 0 aromatic carbocycles. The van der Waals surface area contributed by atoms with E-state index in [0.29, 0.717) is 0 Å². The number of nitrogens with zero attached hydrogens (tertiary/aromatic N) is 2. The van der Waals surface area contributed by atoms with E-state index in [9.17, 15) is 0 Å². The van der Waals surface area contributed by atoms with E-state index in [4.69, 9.17) is 0 Å². The monoisotopic (exact) mass is 237 g/mol. The summed E-state index contributed by atoms with van der Waals surface area (Å²) in [6.07, 6.45) is 6.00. The fourth-order valence-corrected chi connectivity index (χ4v) is 3.36. The van der Waals surface area contributed by atoms with Gasteiger partial charge in [0.15, 0.2) is 0 Å². The van der Waals surface area contributed by atoms with Gasteiger partial charge >= 0.3 is 0 Å². The zero-order valence-electron chi connectivity index (χ0n) is 11.2. The topological polar surface area (TPSA) is 18.5 Å². The molecule has 0 atom stereocenters. The molecular formula is C14H27N3. The molecule has 1 aliphatic heterocycles. The van der Waals surface area contributed by atoms with Crippen molar-refractivity contribution in [2.75, 3.05) is 46.3 Å². The summed E-state index contributed by atoms with van der Waals surface area (Å²) >= 11 is 0. The fourth-order valence-electron chi connectivity index (χ4n) is 3.36. The lowest BCUT2D eigenvalue weighted by Crippen LogP contribution is -2.47. The van der Waals surface area contributed by atoms with E-state index in [1.165, 1.54) is 65.0 Å². The van der Waals surface area contributed by atoms with Crippen molar-refractivity contribution in [1.82, 2.24) is 15.1 Å². The van der Waals surface area contributed by atoms with Gasteiger partial charge in [-0.15, -0.1) is 0 Å². The molecule has 0 spiro atoms. The Morgan fingerprint density at radius 3 is 2.24 bits per heavy atom. The van der Waals surface area contributed by atoms with Crippen LogP contribution in [0, 0.1) is 11.8 Å². The highest BCUT2D eigenvalue weighted by Gasteiger charge is 2.43. The van der Waals surface area contributed by atoms with Crippen molar-refractivity contribution in [3.63, 3.8) is 0 Å². The van der Waals surface area contributed by atoms with Crippen LogP contribution in [-0.2, 0) is 0 Å². The van der Waals surface area contributed by atoms with Crippen LogP contribution in [0.15, 0.2) is 0 Å². The van der Waals surface area contributed by atoms with Crippen molar-refractivity contribution >= 4 is 0 Å². The summed E-state index contributed by atoms with van der Waals surface area (Å²) in [5.41, 5.74) is 0. The molecule has 1 saturated heterocycles. The molecule has 3 rings (SSSR count). The molecule has 3 aliphatic rings. The van der Waals surface area contributed by atoms with Gasteiger partial charge in [0, 0.05) is 45.3 Å². The van der Waals surface area contributed by atoms with Gasteiger partial charge in [0.1, 0.15) is 0 Å². The van der Waals surface area contributed by atoms with Gasteiger partial charge in [-0.1, -0.05) is 0 Å². The normalized spacial score (nSPS) is 27.0. The highest BCUT2D eigenvalue weighted by Crippen LogP contribution is 2.46. The molecule has 2 saturated carbocycles. The molecule has 0 unspecified atom stereocenters. The van der Waals surface area contributed by atoms with Gasteiger partial charge in [-0.2, -0.15) is 0 Å². The van der Waals surface area contributed by atoms with E-state index in [0.717, 1.165) is 17.9 Å². The van der Waals surface area contributed by atoms with Crippen LogP contribution in [0.5, 0.6) is 0 Å². The Bertz CT molecular complexity index is 230. The molecule has 3 nitrogen and oxygen atoms in total. The second kappa shape index (κ2) is 5.25. The molecule has 0 aromatic heterocycles. The molecule has 0 bridgehead atoms. The van der Waals surface area contributed by atoms with E-state index in [-0.39, 0.29) is 0 Å². The first kappa shape index (κ1) is 11.9. The average Bonchev–Trinajstić information content (AvgIpc) is 3.22. The Labute approximate surface area is 106 Å². The van der Waals surface area contributed by atoms with Crippen LogP contribution < -0.4 is 5.32 Å². The van der Waals surface area contributed by atoms with Crippen LogP contribution >= 0.6 is 0 Å². The zero-order chi connectivity index (χ0) is 11.7. The minimum atomic E-state index is 0.929. The predicted molar refractivity (Wildman–Crippen MR) is 71.2 cm³/mol. The lowest BCUT2D eigenvalue weighted by atomic mass is 10.1. The van der Waals surface area contributed by atoms with Crippen molar-refractivity contribution in [2.24, 2.45) is 11.8 Å². The highest BCUT2D eigenvalue weighted by atomic mass is 15.2. The van der Waals surface area contributed by atoms with E-state index < -0.39 is 0 Å². The van der Waals surface area contributed by atoms with Crippen molar-refractivity contribution < 1.29 is 0 Å². The summed E-state index contributed by atoms with van der Waals surface area (Å²) in [6.45, 7) is 7.39. The maximum absolute atomic E-state index is 3.43. The van der Waals surface area contributed by atoms with E-state index in [1.54, 1.807) is 0 Å². The first-order valence-corrected chi connectivity index (χ1v) is 7.48. The summed E-state index contributed by atoms with van der Waals surface area (Å²) < 4.78 is 0. The number of piperazine rings is 1. The third kappa shape index (κ3) is 3.21. The molecule has 1 N–H and O–H groups in total. The fraction of sp³-hybridized carbons (Fsp3) is 1.00. The quantitative estimate of drug-likeness (QED) is 0.744. The van der Waals surface area contributed by atoms with Crippen LogP contribution in [0.3, 0.4) is 0 Å². The third-order valence-corrected chi connectivity index (χ3v) is 4.70. The summed E-state index contributed by atoms with van der Waals surface area (Å²) in [7, 11) is 2.36. The Morgan fingerprint density at radius 1 is 1.12 bits per heavy atom. The van der Waals surface area contributed by atoms with Crippen LogP contribution in [0.1, 0.15) is 25.7 Å². The van der Waals surface area contributed by atoms with E-state index in [2.05, 4.69) is 22.2 Å². The third-order valence-electron chi connectivity index (χ3n) is 4.70. The first-order chi connectivity index (χ1) is 8.34. The predicted octanol–water partition coefficient (Wildman–Crippen LogP) is 1.01. The maximum Gasteiger partial charge on any atom is 0.0149 e. The largest absolute Gasteiger partial charge is 0.314 e. The number of hydrogen-bond acceptors (Lipinski definition) is 3. The van der Waals surface area contributed by atoms with Crippen molar-refractivity contribution in [1.29, 1.82) is 0 Å². The lowest BCUT2D eigenvalue weighted by molar-refractivity contribution is 0.153. The standard InChI is InChI=1S/C14H27N3/c1-16(10-11-17-8-6-15-7-9-17)14(12-2-3-12)13-4-5-13/h12-15H,2-11H2,1H3. The molecule has 98 valence electrons. The van der Waals surface area contributed by atoms with Crippen molar-refractivity contribution in [3.05, 3.63) is 0 Å². The number of nitrogens with one attached hydrogen (secondary N) is 1. The highest BCUT2D eigenvalue weighted by molar-refractivity contribution is 4.97. The van der Waals surface area contributed by atoms with Gasteiger partial charge in [0.25, 0.3) is 0 Å². The van der Waals surface area contributed by atoms with Gasteiger partial charge in [-0.05, 0) is 44.6 Å². The molecular weight excluding hydrogens is 210 g/mol. The van der Waals surface area contributed by atoms with Crippen LogP contribution in [-0.4, -0.2) is 62.2 Å². The summed E-state index contributed by atoms with van der Waals surface area (Å²) in [5, 5.41) is 3.43. The minimum Gasteiger partial charge on any atom is -0.314 e. The van der Waals surface area contributed by atoms with Crippen LogP contribution in [0.2, 0.25) is 0 Å². The Hall–Kier alpha value is -0.120. The summed E-state index contributed by atoms with van der Waals surface area (Å²) in [6, 6.07) is 0.929. The Kier molecular flexibility index (Phi) is 3.69. The second-order valence-electron chi connectivity index (χ2n) is 6.24. The lowest BCUT2D eigenvalue weighted by Gasteiger charge is -2.32. The van der Waals surface area contributed by atoms with Crippen molar-refractivity contribution in [3.8, 4) is 0 Å². The molecule has 0 radical (unpaired) electrons. The van der Waals surface area contributed by atoms with Gasteiger partial charge in [0.05, 0.1) is 0 Å². The van der Waals surface area contributed by atoms with Gasteiger partial charge in [0.2, 0.25) is 0 Å². The number of likely N-dealkylation sites (N-methyl/N-ethyl adjacent to an activating group) is 1. The molecule has 3 heteroatoms. The number of rotatable bonds is 6. The average molecular weight is 237 g/mol. The molecule has 1 heterocycles. The molecule has 17 heavy (non-hydrogen) atoms. The maximum atomic E-state index is 3.43. The molecule has 2 aliphatic carbocycles. The van der Waals surface area contributed by atoms with Crippen molar-refractivity contribution in [2.45, 2.75) is 31.7 Å².